The van der Waals surface area contributed by atoms with Crippen molar-refractivity contribution in [1.82, 2.24) is 0 Å². The van der Waals surface area contributed by atoms with Crippen molar-refractivity contribution in [3.05, 3.63) is 39.2 Å². The highest BCUT2D eigenvalue weighted by molar-refractivity contribution is 5.88. The SMILES string of the molecule is CC(=O)OCC1OC(Oc2cc(C)cc3oc(=O)c(C)c(C)c23)C(OC(C)=O)C(OC(C)=O)C1OC(C)=O. The molecule has 12 heteroatoms. The summed E-state index contributed by atoms with van der Waals surface area (Å²) in [4.78, 5) is 59.8. The van der Waals surface area contributed by atoms with Crippen LogP contribution in [0.15, 0.2) is 21.3 Å². The van der Waals surface area contributed by atoms with Crippen LogP contribution in [0.2, 0.25) is 0 Å². The van der Waals surface area contributed by atoms with Gasteiger partial charge in [0, 0.05) is 33.3 Å². The van der Waals surface area contributed by atoms with E-state index in [4.69, 9.17) is 32.8 Å². The number of carbonyl (C=O) groups is 4. The first-order valence-corrected chi connectivity index (χ1v) is 11.8. The Kier molecular flexibility index (Phi) is 8.77. The lowest BCUT2D eigenvalue weighted by Crippen LogP contribution is -2.63. The molecule has 2 heterocycles. The molecule has 1 aromatic carbocycles. The molecule has 5 atom stereocenters. The molecule has 12 nitrogen and oxygen atoms in total. The van der Waals surface area contributed by atoms with Crippen LogP contribution in [-0.2, 0) is 42.9 Å². The van der Waals surface area contributed by atoms with Gasteiger partial charge >= 0.3 is 29.5 Å². The molecule has 0 radical (unpaired) electrons. The van der Waals surface area contributed by atoms with Crippen LogP contribution in [0.5, 0.6) is 5.75 Å². The summed E-state index contributed by atoms with van der Waals surface area (Å²) in [5, 5.41) is 0.473. The molecule has 2 aromatic rings. The van der Waals surface area contributed by atoms with Crippen molar-refractivity contribution in [1.29, 1.82) is 0 Å². The first-order valence-electron chi connectivity index (χ1n) is 11.8. The molecule has 0 spiro atoms. The second kappa shape index (κ2) is 11.6. The highest BCUT2D eigenvalue weighted by Gasteiger charge is 2.53. The lowest BCUT2D eigenvalue weighted by Gasteiger charge is -2.44. The monoisotopic (exact) mass is 534 g/mol. The Morgan fingerprint density at radius 2 is 1.37 bits per heavy atom. The molecule has 1 aliphatic heterocycles. The fourth-order valence-electron chi connectivity index (χ4n) is 4.19. The Morgan fingerprint density at radius 3 is 1.95 bits per heavy atom. The van der Waals surface area contributed by atoms with Gasteiger partial charge in [-0.25, -0.2) is 4.79 Å². The summed E-state index contributed by atoms with van der Waals surface area (Å²) in [5.41, 5.74) is 1.41. The standard InChI is InChI=1S/C26H30O12/c1-11-8-18-21(12(2)13(3)25(31)36-18)19(9-11)37-26-24(35-17(7)30)23(34-16(6)29)22(33-15(5)28)20(38-26)10-32-14(4)27/h8-9,20,22-24,26H,10H2,1-7H3. The van der Waals surface area contributed by atoms with E-state index in [0.29, 0.717) is 22.1 Å². The van der Waals surface area contributed by atoms with E-state index in [1.807, 2.05) is 0 Å². The molecule has 0 N–H and O–H groups in total. The Bertz CT molecular complexity index is 1310. The highest BCUT2D eigenvalue weighted by Crippen LogP contribution is 2.35. The first kappa shape index (κ1) is 28.6. The number of carbonyl (C=O) groups excluding carboxylic acids is 4. The largest absolute Gasteiger partial charge is 0.463 e. The van der Waals surface area contributed by atoms with E-state index < -0.39 is 60.2 Å². The predicted octanol–water partition coefficient (Wildman–Crippen LogP) is 2.18. The molecule has 1 fully saturated rings. The van der Waals surface area contributed by atoms with Crippen LogP contribution in [0.4, 0.5) is 0 Å². The van der Waals surface area contributed by atoms with E-state index >= 15 is 0 Å². The summed E-state index contributed by atoms with van der Waals surface area (Å²) in [6.45, 7) is 9.29. The third-order valence-corrected chi connectivity index (χ3v) is 5.85. The van der Waals surface area contributed by atoms with Crippen molar-refractivity contribution >= 4 is 34.8 Å². The van der Waals surface area contributed by atoms with Gasteiger partial charge in [-0.2, -0.15) is 0 Å². The van der Waals surface area contributed by atoms with Gasteiger partial charge < -0.3 is 32.8 Å². The van der Waals surface area contributed by atoms with Gasteiger partial charge in [-0.05, 0) is 44.0 Å². The zero-order valence-electron chi connectivity index (χ0n) is 22.1. The van der Waals surface area contributed by atoms with Crippen molar-refractivity contribution in [3.63, 3.8) is 0 Å². The summed E-state index contributed by atoms with van der Waals surface area (Å²) in [6, 6.07) is 3.34. The van der Waals surface area contributed by atoms with Crippen LogP contribution in [-0.4, -0.2) is 61.2 Å². The minimum absolute atomic E-state index is 0.227. The van der Waals surface area contributed by atoms with Gasteiger partial charge in [-0.1, -0.05) is 0 Å². The van der Waals surface area contributed by atoms with Crippen LogP contribution in [0.25, 0.3) is 11.0 Å². The van der Waals surface area contributed by atoms with Crippen LogP contribution in [0.3, 0.4) is 0 Å². The van der Waals surface area contributed by atoms with E-state index in [0.717, 1.165) is 20.8 Å². The van der Waals surface area contributed by atoms with Crippen LogP contribution < -0.4 is 10.4 Å². The maximum absolute atomic E-state index is 12.3. The van der Waals surface area contributed by atoms with Gasteiger partial charge in [0.05, 0.1) is 5.39 Å². The van der Waals surface area contributed by atoms with E-state index in [9.17, 15) is 24.0 Å². The number of hydrogen-bond donors (Lipinski definition) is 0. The van der Waals surface area contributed by atoms with Gasteiger partial charge in [0.2, 0.25) is 12.4 Å². The quantitative estimate of drug-likeness (QED) is 0.290. The number of rotatable bonds is 7. The minimum atomic E-state index is -1.42. The maximum atomic E-state index is 12.3. The Labute approximate surface area is 218 Å². The van der Waals surface area contributed by atoms with Crippen molar-refractivity contribution in [2.24, 2.45) is 0 Å². The number of hydrogen-bond acceptors (Lipinski definition) is 12. The van der Waals surface area contributed by atoms with Crippen LogP contribution >= 0.6 is 0 Å². The minimum Gasteiger partial charge on any atom is -0.463 e. The number of ether oxygens (including phenoxy) is 6. The molecule has 1 aromatic heterocycles. The number of esters is 4. The van der Waals surface area contributed by atoms with Crippen molar-refractivity contribution < 1.29 is 52.0 Å². The number of aryl methyl sites for hydroxylation is 2. The zero-order valence-corrected chi connectivity index (χ0v) is 22.1. The second-order valence-electron chi connectivity index (χ2n) is 8.96. The fourth-order valence-corrected chi connectivity index (χ4v) is 4.19. The van der Waals surface area contributed by atoms with Gasteiger partial charge in [0.1, 0.15) is 24.0 Å². The normalized spacial score (nSPS) is 22.9. The highest BCUT2D eigenvalue weighted by atomic mass is 16.7. The molecule has 5 unspecified atom stereocenters. The molecule has 206 valence electrons. The third-order valence-electron chi connectivity index (χ3n) is 5.85. The van der Waals surface area contributed by atoms with E-state index in [-0.39, 0.29) is 17.9 Å². The smallest absolute Gasteiger partial charge is 0.339 e. The van der Waals surface area contributed by atoms with Crippen molar-refractivity contribution in [2.45, 2.75) is 79.2 Å². The summed E-state index contributed by atoms with van der Waals surface area (Å²) in [6.07, 6.45) is -6.68. The van der Waals surface area contributed by atoms with Gasteiger partial charge in [0.15, 0.2) is 12.2 Å². The van der Waals surface area contributed by atoms with E-state index in [1.54, 1.807) is 32.9 Å². The summed E-state index contributed by atoms with van der Waals surface area (Å²) >= 11 is 0. The maximum Gasteiger partial charge on any atom is 0.339 e. The van der Waals surface area contributed by atoms with Gasteiger partial charge in [0.25, 0.3) is 0 Å². The predicted molar refractivity (Wildman–Crippen MR) is 129 cm³/mol. The molecule has 0 amide bonds. The molecule has 1 saturated heterocycles. The summed E-state index contributed by atoms with van der Waals surface area (Å²) in [5.74, 6) is -2.66. The Morgan fingerprint density at radius 1 is 0.789 bits per heavy atom. The van der Waals surface area contributed by atoms with Crippen LogP contribution in [0.1, 0.15) is 44.4 Å². The Hall–Kier alpha value is -3.93. The van der Waals surface area contributed by atoms with Gasteiger partial charge in [-0.15, -0.1) is 0 Å². The average molecular weight is 535 g/mol. The number of fused-ring (bicyclic) bond motifs is 1. The molecule has 0 bridgehead atoms. The first-order chi connectivity index (χ1) is 17.8. The topological polar surface area (TPSA) is 154 Å². The molecule has 1 aliphatic rings. The fraction of sp³-hybridized carbons (Fsp3) is 0.500. The number of benzene rings is 1. The van der Waals surface area contributed by atoms with E-state index in [2.05, 4.69) is 0 Å². The average Bonchev–Trinajstić information content (AvgIpc) is 2.78. The molecular formula is C26H30O12. The van der Waals surface area contributed by atoms with Crippen molar-refractivity contribution in [3.8, 4) is 5.75 Å². The summed E-state index contributed by atoms with van der Waals surface area (Å²) in [7, 11) is 0. The van der Waals surface area contributed by atoms with Gasteiger partial charge in [-0.3, -0.25) is 19.2 Å². The molecule has 3 rings (SSSR count). The molecule has 0 saturated carbocycles. The Balaban J connectivity index is 2.15. The zero-order chi connectivity index (χ0) is 28.3. The molecule has 38 heavy (non-hydrogen) atoms. The molecular weight excluding hydrogens is 504 g/mol. The third kappa shape index (κ3) is 6.49. The lowest BCUT2D eigenvalue weighted by atomic mass is 9.98. The van der Waals surface area contributed by atoms with Crippen LogP contribution in [0, 0.1) is 20.8 Å². The lowest BCUT2D eigenvalue weighted by molar-refractivity contribution is -0.288. The van der Waals surface area contributed by atoms with Crippen molar-refractivity contribution in [2.75, 3.05) is 6.61 Å². The van der Waals surface area contributed by atoms with E-state index in [1.165, 1.54) is 6.92 Å². The second-order valence-corrected chi connectivity index (χ2v) is 8.96. The summed E-state index contributed by atoms with van der Waals surface area (Å²) < 4.78 is 39.0. The molecule has 0 aliphatic carbocycles.